The number of nitrogens with zero attached hydrogens (tertiary/aromatic N) is 1. The molecule has 0 aliphatic rings. The molecule has 0 aliphatic carbocycles. The first-order chi connectivity index (χ1) is 6.25. The first-order valence-electron chi connectivity index (χ1n) is 3.81. The predicted molar refractivity (Wildman–Crippen MR) is 45.9 cm³/mol. The summed E-state index contributed by atoms with van der Waals surface area (Å²) in [6.07, 6.45) is -4.72. The van der Waals surface area contributed by atoms with Gasteiger partial charge in [0.25, 0.3) is 5.56 Å². The minimum atomic E-state index is -4.72. The van der Waals surface area contributed by atoms with Crippen molar-refractivity contribution in [3.05, 3.63) is 27.7 Å². The lowest BCUT2D eigenvalue weighted by molar-refractivity contribution is -0.207. The quantitative estimate of drug-likeness (QED) is 0.699. The molecule has 0 saturated heterocycles. The molecule has 0 atom stereocenters. The predicted octanol–water partition coefficient (Wildman–Crippen LogP) is 1.52. The van der Waals surface area contributed by atoms with Crippen LogP contribution in [0.4, 0.5) is 18.9 Å². The minimum absolute atomic E-state index is 0.172. The number of pyridine rings is 1. The molecule has 0 radical (unpaired) electrons. The summed E-state index contributed by atoms with van der Waals surface area (Å²) in [6, 6.07) is 1.23. The van der Waals surface area contributed by atoms with Gasteiger partial charge in [-0.2, -0.15) is 0 Å². The molecule has 0 amide bonds. The molecule has 0 bridgehead atoms. The van der Waals surface area contributed by atoms with E-state index in [9.17, 15) is 18.0 Å². The summed E-state index contributed by atoms with van der Waals surface area (Å²) in [6.45, 7) is 2.70. The van der Waals surface area contributed by atoms with Crippen LogP contribution in [0.2, 0.25) is 0 Å². The molecule has 0 aliphatic heterocycles. The average Bonchev–Trinajstić information content (AvgIpc) is 1.97. The fourth-order valence-corrected chi connectivity index (χ4v) is 1.22. The van der Waals surface area contributed by atoms with Crippen LogP contribution in [0.1, 0.15) is 11.3 Å². The Morgan fingerprint density at radius 1 is 1.36 bits per heavy atom. The zero-order valence-corrected chi connectivity index (χ0v) is 7.64. The van der Waals surface area contributed by atoms with Crippen LogP contribution in [0.5, 0.6) is 0 Å². The summed E-state index contributed by atoms with van der Waals surface area (Å²) >= 11 is 0. The molecule has 1 aromatic rings. The van der Waals surface area contributed by atoms with Crippen molar-refractivity contribution < 1.29 is 13.2 Å². The number of nitrogen functional groups attached to an aromatic ring is 1. The van der Waals surface area contributed by atoms with Gasteiger partial charge in [-0.25, -0.2) is 4.57 Å². The van der Waals surface area contributed by atoms with E-state index in [1.807, 2.05) is 0 Å². The van der Waals surface area contributed by atoms with Gasteiger partial charge < -0.3 is 5.73 Å². The molecular weight excluding hydrogens is 197 g/mol. The number of alkyl halides is 3. The van der Waals surface area contributed by atoms with Crippen LogP contribution in [-0.4, -0.2) is 4.57 Å². The fourth-order valence-electron chi connectivity index (χ4n) is 1.22. The Kier molecular flexibility index (Phi) is 2.31. The molecule has 6 heteroatoms. The van der Waals surface area contributed by atoms with Crippen molar-refractivity contribution in [1.82, 2.24) is 4.57 Å². The Labute approximate surface area is 78.0 Å². The smallest absolute Gasteiger partial charge is 0.394 e. The van der Waals surface area contributed by atoms with Gasteiger partial charge in [-0.1, -0.05) is 0 Å². The lowest BCUT2D eigenvalue weighted by Crippen LogP contribution is -2.34. The molecule has 1 aromatic heterocycles. The number of hydrogen-bond acceptors (Lipinski definition) is 2. The SMILES string of the molecule is Cc1cc(C)n(C(F)(F)F)c(=O)c1N. The van der Waals surface area contributed by atoms with Crippen molar-refractivity contribution in [2.45, 2.75) is 20.1 Å². The van der Waals surface area contributed by atoms with Crippen molar-refractivity contribution in [3.8, 4) is 0 Å². The van der Waals surface area contributed by atoms with Gasteiger partial charge in [-0.15, -0.1) is 13.2 Å². The van der Waals surface area contributed by atoms with Gasteiger partial charge in [0.2, 0.25) is 0 Å². The Hall–Kier alpha value is -1.46. The van der Waals surface area contributed by atoms with E-state index in [0.717, 1.165) is 0 Å². The Balaban J connectivity index is 3.62. The van der Waals surface area contributed by atoms with E-state index < -0.39 is 11.9 Å². The van der Waals surface area contributed by atoms with Gasteiger partial charge in [0.05, 0.1) is 0 Å². The highest BCUT2D eigenvalue weighted by Crippen LogP contribution is 2.23. The molecule has 0 fully saturated rings. The Bertz CT molecular complexity index is 420. The van der Waals surface area contributed by atoms with E-state index in [1.54, 1.807) is 0 Å². The van der Waals surface area contributed by atoms with Crippen molar-refractivity contribution in [2.75, 3.05) is 5.73 Å². The van der Waals surface area contributed by atoms with E-state index in [0.29, 0.717) is 5.56 Å². The summed E-state index contributed by atoms with van der Waals surface area (Å²) in [5, 5.41) is 0. The third-order valence-corrected chi connectivity index (χ3v) is 1.89. The largest absolute Gasteiger partial charge is 0.491 e. The summed E-state index contributed by atoms with van der Waals surface area (Å²) < 4.78 is 36.7. The van der Waals surface area contributed by atoms with E-state index in [4.69, 9.17) is 5.73 Å². The molecule has 3 nitrogen and oxygen atoms in total. The molecule has 78 valence electrons. The lowest BCUT2D eigenvalue weighted by Gasteiger charge is -2.14. The minimum Gasteiger partial charge on any atom is -0.394 e. The maximum absolute atomic E-state index is 12.3. The zero-order chi connectivity index (χ0) is 11.1. The maximum atomic E-state index is 12.3. The van der Waals surface area contributed by atoms with E-state index >= 15 is 0 Å². The highest BCUT2D eigenvalue weighted by atomic mass is 19.4. The Morgan fingerprint density at radius 3 is 2.29 bits per heavy atom. The lowest BCUT2D eigenvalue weighted by atomic mass is 10.2. The van der Waals surface area contributed by atoms with E-state index in [2.05, 4.69) is 0 Å². The topological polar surface area (TPSA) is 48.0 Å². The number of halogens is 3. The van der Waals surface area contributed by atoms with Gasteiger partial charge in [-0.3, -0.25) is 4.79 Å². The molecule has 0 spiro atoms. The second-order valence-corrected chi connectivity index (χ2v) is 2.99. The summed E-state index contributed by atoms with van der Waals surface area (Å²) in [5.41, 5.74) is 3.82. The number of anilines is 1. The third kappa shape index (κ3) is 1.59. The highest BCUT2D eigenvalue weighted by molar-refractivity contribution is 5.44. The van der Waals surface area contributed by atoms with Crippen LogP contribution >= 0.6 is 0 Å². The molecule has 14 heavy (non-hydrogen) atoms. The first kappa shape index (κ1) is 10.6. The number of rotatable bonds is 0. The molecular formula is C8H9F3N2O. The zero-order valence-electron chi connectivity index (χ0n) is 7.64. The molecule has 1 heterocycles. The second-order valence-electron chi connectivity index (χ2n) is 2.99. The van der Waals surface area contributed by atoms with Crippen molar-refractivity contribution in [1.29, 1.82) is 0 Å². The van der Waals surface area contributed by atoms with Crippen LogP contribution in [0.3, 0.4) is 0 Å². The number of aryl methyl sites for hydroxylation is 2. The monoisotopic (exact) mass is 206 g/mol. The molecule has 0 unspecified atom stereocenters. The second kappa shape index (κ2) is 3.04. The highest BCUT2D eigenvalue weighted by Gasteiger charge is 2.34. The molecule has 2 N–H and O–H groups in total. The van der Waals surface area contributed by atoms with Crippen LogP contribution in [-0.2, 0) is 6.30 Å². The molecule has 1 rings (SSSR count). The van der Waals surface area contributed by atoms with Crippen molar-refractivity contribution >= 4 is 5.69 Å². The summed E-state index contributed by atoms with van der Waals surface area (Å²) in [4.78, 5) is 11.2. The van der Waals surface area contributed by atoms with Gasteiger partial charge in [0.15, 0.2) is 0 Å². The van der Waals surface area contributed by atoms with Crippen molar-refractivity contribution in [3.63, 3.8) is 0 Å². The van der Waals surface area contributed by atoms with Crippen molar-refractivity contribution in [2.24, 2.45) is 0 Å². The molecule has 0 aromatic carbocycles. The van der Waals surface area contributed by atoms with Gasteiger partial charge in [0, 0.05) is 5.69 Å². The summed E-state index contributed by atoms with van der Waals surface area (Å²) in [7, 11) is 0. The average molecular weight is 206 g/mol. The summed E-state index contributed by atoms with van der Waals surface area (Å²) in [5.74, 6) is 0. The molecule has 0 saturated carbocycles. The fraction of sp³-hybridized carbons (Fsp3) is 0.375. The van der Waals surface area contributed by atoms with Crippen LogP contribution < -0.4 is 11.3 Å². The van der Waals surface area contributed by atoms with Gasteiger partial charge in [0.1, 0.15) is 5.69 Å². The Morgan fingerprint density at radius 2 is 1.86 bits per heavy atom. The maximum Gasteiger partial charge on any atom is 0.491 e. The number of nitrogens with two attached hydrogens (primary N) is 1. The van der Waals surface area contributed by atoms with Crippen LogP contribution in [0.15, 0.2) is 10.9 Å². The van der Waals surface area contributed by atoms with E-state index in [-0.39, 0.29) is 15.9 Å². The van der Waals surface area contributed by atoms with Crippen LogP contribution in [0, 0.1) is 13.8 Å². The standard InChI is InChI=1S/C8H9F3N2O/c1-4-3-5(2)13(8(9,10)11)7(14)6(4)12/h3H,12H2,1-2H3. The van der Waals surface area contributed by atoms with Gasteiger partial charge in [-0.05, 0) is 25.5 Å². The number of hydrogen-bond donors (Lipinski definition) is 1. The van der Waals surface area contributed by atoms with Gasteiger partial charge >= 0.3 is 6.30 Å². The normalized spacial score (nSPS) is 11.8. The van der Waals surface area contributed by atoms with Crippen LogP contribution in [0.25, 0.3) is 0 Å². The first-order valence-corrected chi connectivity index (χ1v) is 3.81. The third-order valence-electron chi connectivity index (χ3n) is 1.89. The van der Waals surface area contributed by atoms with E-state index in [1.165, 1.54) is 19.9 Å². The number of aromatic nitrogens is 1.